The molecule has 0 bridgehead atoms. The Kier molecular flexibility index (Phi) is 7.78. The molecule has 0 unspecified atom stereocenters. The molecule has 1 amide bonds. The van der Waals surface area contributed by atoms with Crippen molar-refractivity contribution in [1.82, 2.24) is 5.43 Å². The third-order valence-corrected chi connectivity index (χ3v) is 4.47. The zero-order chi connectivity index (χ0) is 22.1. The van der Waals surface area contributed by atoms with Gasteiger partial charge in [-0.1, -0.05) is 28.1 Å². The molecule has 2 N–H and O–H groups in total. The van der Waals surface area contributed by atoms with E-state index in [2.05, 4.69) is 31.8 Å². The molecular formula is C23H20BrN3O4. The number of halogens is 1. The zero-order valence-corrected chi connectivity index (χ0v) is 18.3. The van der Waals surface area contributed by atoms with Crippen molar-refractivity contribution in [2.75, 3.05) is 11.9 Å². The molecule has 0 radical (unpaired) electrons. The van der Waals surface area contributed by atoms with Crippen molar-refractivity contribution >= 4 is 45.8 Å². The summed E-state index contributed by atoms with van der Waals surface area (Å²) in [5, 5.41) is 6.99. The molecule has 0 aliphatic rings. The minimum Gasteiger partial charge on any atom is -0.465 e. The molecular weight excluding hydrogens is 462 g/mol. The molecule has 158 valence electrons. The third kappa shape index (κ3) is 7.27. The fraction of sp³-hybridized carbons (Fsp3) is 0.0870. The lowest BCUT2D eigenvalue weighted by molar-refractivity contribution is -0.129. The van der Waals surface area contributed by atoms with Gasteiger partial charge < -0.3 is 14.5 Å². The number of hydrazone groups is 1. The Balaban J connectivity index is 1.57. The topological polar surface area (TPSA) is 92.9 Å². The zero-order valence-electron chi connectivity index (χ0n) is 16.7. The van der Waals surface area contributed by atoms with E-state index in [0.717, 1.165) is 15.7 Å². The molecule has 3 rings (SSSR count). The maximum Gasteiger partial charge on any atom is 0.336 e. The van der Waals surface area contributed by atoms with Crippen LogP contribution >= 0.6 is 15.9 Å². The van der Waals surface area contributed by atoms with Gasteiger partial charge in [-0.25, -0.2) is 10.2 Å². The lowest BCUT2D eigenvalue weighted by Crippen LogP contribution is -2.25. The molecule has 7 nitrogen and oxygen atoms in total. The summed E-state index contributed by atoms with van der Waals surface area (Å²) in [6, 6.07) is 16.2. The van der Waals surface area contributed by atoms with Gasteiger partial charge >= 0.3 is 5.97 Å². The van der Waals surface area contributed by atoms with Crippen molar-refractivity contribution in [2.45, 2.75) is 6.92 Å². The van der Waals surface area contributed by atoms with E-state index < -0.39 is 5.97 Å². The number of carbonyl (C=O) groups is 2. The van der Waals surface area contributed by atoms with E-state index in [4.69, 9.17) is 9.15 Å². The van der Waals surface area contributed by atoms with E-state index in [1.165, 1.54) is 24.6 Å². The van der Waals surface area contributed by atoms with Gasteiger partial charge in [-0.3, -0.25) is 4.79 Å². The highest BCUT2D eigenvalue weighted by Crippen LogP contribution is 2.22. The molecule has 0 atom stereocenters. The van der Waals surface area contributed by atoms with E-state index in [-0.39, 0.29) is 12.5 Å². The number of aryl methyl sites for hydroxylation is 1. The monoisotopic (exact) mass is 481 g/mol. The van der Waals surface area contributed by atoms with E-state index in [1.54, 1.807) is 30.3 Å². The van der Waals surface area contributed by atoms with E-state index in [9.17, 15) is 9.59 Å². The summed E-state index contributed by atoms with van der Waals surface area (Å²) in [5.41, 5.74) is 4.91. The number of furan rings is 1. The number of benzene rings is 2. The largest absolute Gasteiger partial charge is 0.465 e. The summed E-state index contributed by atoms with van der Waals surface area (Å²) >= 11 is 3.37. The molecule has 0 aliphatic heterocycles. The van der Waals surface area contributed by atoms with Gasteiger partial charge in [0.25, 0.3) is 5.91 Å². The highest BCUT2D eigenvalue weighted by atomic mass is 79.9. The van der Waals surface area contributed by atoms with Crippen molar-refractivity contribution in [1.29, 1.82) is 0 Å². The number of ether oxygens (including phenoxy) is 1. The highest BCUT2D eigenvalue weighted by molar-refractivity contribution is 9.10. The summed E-state index contributed by atoms with van der Waals surface area (Å²) in [5.74, 6) is -0.0443. The molecule has 1 aromatic heterocycles. The Bertz CT molecular complexity index is 1110. The second-order valence-electron chi connectivity index (χ2n) is 6.47. The number of hydrogen-bond acceptors (Lipinski definition) is 6. The van der Waals surface area contributed by atoms with Gasteiger partial charge in [0, 0.05) is 21.8 Å². The predicted molar refractivity (Wildman–Crippen MR) is 123 cm³/mol. The fourth-order valence-electron chi connectivity index (χ4n) is 2.54. The first kappa shape index (κ1) is 22.0. The third-order valence-electron chi connectivity index (χ3n) is 3.97. The molecule has 8 heteroatoms. The molecule has 3 aromatic rings. The van der Waals surface area contributed by atoms with Gasteiger partial charge in [0.05, 0.1) is 19.0 Å². The van der Waals surface area contributed by atoms with Crippen molar-refractivity contribution in [3.05, 3.63) is 88.3 Å². The number of anilines is 1. The number of hydrogen-bond donors (Lipinski definition) is 2. The van der Waals surface area contributed by atoms with Crippen LogP contribution < -0.4 is 15.5 Å². The number of esters is 1. The number of rotatable bonds is 8. The molecule has 31 heavy (non-hydrogen) atoms. The Hall–Kier alpha value is -3.65. The Morgan fingerprint density at radius 3 is 2.81 bits per heavy atom. The Morgan fingerprint density at radius 1 is 1.16 bits per heavy atom. The summed E-state index contributed by atoms with van der Waals surface area (Å²) < 4.78 is 11.3. The number of amides is 1. The quantitative estimate of drug-likeness (QED) is 0.162. The normalized spacial score (nSPS) is 11.0. The Morgan fingerprint density at radius 2 is 2.03 bits per heavy atom. The van der Waals surface area contributed by atoms with E-state index in [1.807, 2.05) is 31.2 Å². The summed E-state index contributed by atoms with van der Waals surface area (Å²) in [6.45, 7) is 2.05. The minimum absolute atomic E-state index is 0.0681. The van der Waals surface area contributed by atoms with E-state index in [0.29, 0.717) is 17.1 Å². The van der Waals surface area contributed by atoms with Crippen LogP contribution in [0, 0.1) is 6.92 Å². The van der Waals surface area contributed by atoms with Crippen LogP contribution in [-0.4, -0.2) is 24.6 Å². The van der Waals surface area contributed by atoms with Crippen LogP contribution in [0.2, 0.25) is 0 Å². The average molecular weight is 482 g/mol. The van der Waals surface area contributed by atoms with Crippen LogP contribution in [0.15, 0.2) is 80.9 Å². The van der Waals surface area contributed by atoms with Gasteiger partial charge in [-0.05, 0) is 61.0 Å². The minimum atomic E-state index is -0.570. The SMILES string of the molecule is Cc1cccc(NCC(=O)N/N=C/c2cc(Br)ccc2OC(=O)/C=C\c2ccco2)c1. The van der Waals surface area contributed by atoms with E-state index >= 15 is 0 Å². The van der Waals surface area contributed by atoms with Gasteiger partial charge in [0.1, 0.15) is 11.5 Å². The van der Waals surface area contributed by atoms with Crippen LogP contribution in [0.25, 0.3) is 6.08 Å². The number of carbonyl (C=O) groups excluding carboxylic acids is 2. The number of nitrogens with one attached hydrogen (secondary N) is 2. The van der Waals surface area contributed by atoms with Gasteiger partial charge in [0.2, 0.25) is 0 Å². The molecule has 0 saturated heterocycles. The standard InChI is InChI=1S/C23H20BrN3O4/c1-16-4-2-5-19(12-16)25-15-22(28)27-26-14-17-13-18(24)7-9-21(17)31-23(29)10-8-20-6-3-11-30-20/h2-14,25H,15H2,1H3,(H,27,28)/b10-8-,26-14+. The number of nitrogens with zero attached hydrogens (tertiary/aromatic N) is 1. The van der Waals surface area contributed by atoms with Gasteiger partial charge in [-0.15, -0.1) is 0 Å². The summed E-state index contributed by atoms with van der Waals surface area (Å²) in [6.07, 6.45) is 5.70. The first-order valence-electron chi connectivity index (χ1n) is 9.35. The Labute approximate surface area is 187 Å². The predicted octanol–water partition coefficient (Wildman–Crippen LogP) is 4.53. The second-order valence-corrected chi connectivity index (χ2v) is 7.38. The summed E-state index contributed by atoms with van der Waals surface area (Å²) in [4.78, 5) is 24.1. The van der Waals surface area contributed by atoms with Crippen LogP contribution in [0.1, 0.15) is 16.9 Å². The van der Waals surface area contributed by atoms with Crippen molar-refractivity contribution in [3.63, 3.8) is 0 Å². The lowest BCUT2D eigenvalue weighted by atomic mass is 10.2. The van der Waals surface area contributed by atoms with Crippen LogP contribution in [0.4, 0.5) is 5.69 Å². The molecule has 0 fully saturated rings. The average Bonchev–Trinajstić information content (AvgIpc) is 3.26. The molecule has 2 aromatic carbocycles. The van der Waals surface area contributed by atoms with Crippen molar-refractivity contribution in [2.24, 2.45) is 5.10 Å². The molecule has 0 saturated carbocycles. The molecule has 0 aliphatic carbocycles. The summed E-state index contributed by atoms with van der Waals surface area (Å²) in [7, 11) is 0. The lowest BCUT2D eigenvalue weighted by Gasteiger charge is -2.07. The fourth-order valence-corrected chi connectivity index (χ4v) is 2.92. The van der Waals surface area contributed by atoms with Gasteiger partial charge in [-0.2, -0.15) is 5.10 Å². The first-order chi connectivity index (χ1) is 15.0. The maximum atomic E-state index is 12.1. The smallest absolute Gasteiger partial charge is 0.336 e. The molecule has 1 heterocycles. The second kappa shape index (κ2) is 10.9. The van der Waals surface area contributed by atoms with Crippen molar-refractivity contribution < 1.29 is 18.7 Å². The highest BCUT2D eigenvalue weighted by Gasteiger charge is 2.08. The molecule has 0 spiro atoms. The van der Waals surface area contributed by atoms with Crippen LogP contribution in [0.5, 0.6) is 5.75 Å². The maximum absolute atomic E-state index is 12.1. The van der Waals surface area contributed by atoms with Crippen LogP contribution in [-0.2, 0) is 9.59 Å². The van der Waals surface area contributed by atoms with Crippen LogP contribution in [0.3, 0.4) is 0 Å². The first-order valence-corrected chi connectivity index (χ1v) is 10.1. The van der Waals surface area contributed by atoms with Gasteiger partial charge in [0.15, 0.2) is 0 Å². The van der Waals surface area contributed by atoms with Crippen molar-refractivity contribution in [3.8, 4) is 5.75 Å².